The van der Waals surface area contributed by atoms with Gasteiger partial charge in [0.25, 0.3) is 0 Å². The lowest BCUT2D eigenvalue weighted by Crippen LogP contribution is -2.07. The van der Waals surface area contributed by atoms with Crippen LogP contribution in [0.15, 0.2) is 83.3 Å². The molecule has 0 aliphatic heterocycles. The number of nitrogens with one attached hydrogen (secondary N) is 1. The molecule has 138 valence electrons. The molecular formula is C23H18N2O3. The molecule has 0 saturated carbocycles. The van der Waals surface area contributed by atoms with Gasteiger partial charge in [0.05, 0.1) is 7.11 Å². The molecule has 4 aromatic rings. The number of hydrogen-bond acceptors (Lipinski definition) is 4. The summed E-state index contributed by atoms with van der Waals surface area (Å²) >= 11 is 0. The zero-order valence-corrected chi connectivity index (χ0v) is 15.3. The SMILES string of the molecule is COc1cccc(-c2nc3cc(NC(=O)C=Cc4ccccc4)ccc3o2)c1. The lowest BCUT2D eigenvalue weighted by molar-refractivity contribution is -0.111. The maximum absolute atomic E-state index is 12.2. The Morgan fingerprint density at radius 3 is 2.71 bits per heavy atom. The molecular weight excluding hydrogens is 352 g/mol. The van der Waals surface area contributed by atoms with Crippen LogP contribution >= 0.6 is 0 Å². The van der Waals surface area contributed by atoms with Crippen molar-refractivity contribution in [1.82, 2.24) is 4.98 Å². The van der Waals surface area contributed by atoms with Crippen molar-refractivity contribution in [2.45, 2.75) is 0 Å². The number of carbonyl (C=O) groups is 1. The Hall–Kier alpha value is -3.86. The predicted octanol–water partition coefficient (Wildman–Crippen LogP) is 5.16. The van der Waals surface area contributed by atoms with E-state index in [2.05, 4.69) is 10.3 Å². The molecule has 3 aromatic carbocycles. The first-order valence-corrected chi connectivity index (χ1v) is 8.80. The second kappa shape index (κ2) is 7.80. The first-order chi connectivity index (χ1) is 13.7. The molecule has 1 N–H and O–H groups in total. The van der Waals surface area contributed by atoms with E-state index in [1.807, 2.05) is 54.6 Å². The standard InChI is InChI=1S/C23H18N2O3/c1-27-19-9-5-8-17(14-19)23-25-20-15-18(11-12-21(20)28-23)24-22(26)13-10-16-6-3-2-4-7-16/h2-15H,1H3,(H,24,26). The first-order valence-electron chi connectivity index (χ1n) is 8.80. The molecule has 1 amide bonds. The average Bonchev–Trinajstić information content (AvgIpc) is 3.16. The van der Waals surface area contributed by atoms with Crippen LogP contribution in [0, 0.1) is 0 Å². The number of oxazole rings is 1. The molecule has 0 bridgehead atoms. The van der Waals surface area contributed by atoms with Crippen molar-refractivity contribution in [1.29, 1.82) is 0 Å². The Kier molecular flexibility index (Phi) is 4.89. The molecule has 0 atom stereocenters. The lowest BCUT2D eigenvalue weighted by Gasteiger charge is -2.01. The van der Waals surface area contributed by atoms with E-state index in [0.717, 1.165) is 16.9 Å². The Morgan fingerprint density at radius 1 is 1.04 bits per heavy atom. The normalized spacial score (nSPS) is 11.0. The van der Waals surface area contributed by atoms with Crippen LogP contribution in [0.2, 0.25) is 0 Å². The number of fused-ring (bicyclic) bond motifs is 1. The van der Waals surface area contributed by atoms with Crippen LogP contribution in [0.25, 0.3) is 28.6 Å². The highest BCUT2D eigenvalue weighted by atomic mass is 16.5. The van der Waals surface area contributed by atoms with Crippen molar-refractivity contribution in [3.05, 3.63) is 84.4 Å². The minimum Gasteiger partial charge on any atom is -0.497 e. The van der Waals surface area contributed by atoms with E-state index < -0.39 is 0 Å². The maximum atomic E-state index is 12.2. The summed E-state index contributed by atoms with van der Waals surface area (Å²) in [5.74, 6) is 1.03. The van der Waals surface area contributed by atoms with Crippen molar-refractivity contribution < 1.29 is 13.9 Å². The van der Waals surface area contributed by atoms with Crippen LogP contribution < -0.4 is 10.1 Å². The summed E-state index contributed by atoms with van der Waals surface area (Å²) in [6.07, 6.45) is 3.27. The van der Waals surface area contributed by atoms with Gasteiger partial charge in [0.1, 0.15) is 11.3 Å². The number of hydrogen-bond donors (Lipinski definition) is 1. The van der Waals surface area contributed by atoms with E-state index >= 15 is 0 Å². The van der Waals surface area contributed by atoms with Gasteiger partial charge in [-0.05, 0) is 48.0 Å². The lowest BCUT2D eigenvalue weighted by atomic mass is 10.2. The van der Waals surface area contributed by atoms with Gasteiger partial charge in [-0.1, -0.05) is 36.4 Å². The number of rotatable bonds is 5. The minimum absolute atomic E-state index is 0.209. The minimum atomic E-state index is -0.209. The fourth-order valence-corrected chi connectivity index (χ4v) is 2.80. The number of carbonyl (C=O) groups excluding carboxylic acids is 1. The molecule has 5 heteroatoms. The van der Waals surface area contributed by atoms with E-state index in [1.165, 1.54) is 6.08 Å². The highest BCUT2D eigenvalue weighted by molar-refractivity contribution is 6.02. The van der Waals surface area contributed by atoms with Crippen molar-refractivity contribution in [3.8, 4) is 17.2 Å². The number of aromatic nitrogens is 1. The van der Waals surface area contributed by atoms with Gasteiger partial charge < -0.3 is 14.5 Å². The number of nitrogens with zero attached hydrogens (tertiary/aromatic N) is 1. The van der Waals surface area contributed by atoms with Crippen molar-refractivity contribution in [2.24, 2.45) is 0 Å². The molecule has 0 aliphatic carbocycles. The molecule has 0 fully saturated rings. The Bertz CT molecular complexity index is 1150. The Balaban J connectivity index is 1.53. The fourth-order valence-electron chi connectivity index (χ4n) is 2.80. The molecule has 0 saturated heterocycles. The third kappa shape index (κ3) is 3.94. The van der Waals surface area contributed by atoms with Gasteiger partial charge >= 0.3 is 0 Å². The van der Waals surface area contributed by atoms with Gasteiger partial charge in [0, 0.05) is 17.3 Å². The number of amides is 1. The van der Waals surface area contributed by atoms with Crippen LogP contribution in [-0.4, -0.2) is 18.0 Å². The number of ether oxygens (including phenoxy) is 1. The summed E-state index contributed by atoms with van der Waals surface area (Å²) in [5, 5.41) is 2.84. The Morgan fingerprint density at radius 2 is 1.89 bits per heavy atom. The fraction of sp³-hybridized carbons (Fsp3) is 0.0435. The summed E-state index contributed by atoms with van der Waals surface area (Å²) < 4.78 is 11.1. The molecule has 5 nitrogen and oxygen atoms in total. The third-order valence-corrected chi connectivity index (χ3v) is 4.20. The van der Waals surface area contributed by atoms with Gasteiger partial charge in [-0.2, -0.15) is 0 Å². The predicted molar refractivity (Wildman–Crippen MR) is 110 cm³/mol. The van der Waals surface area contributed by atoms with E-state index in [0.29, 0.717) is 22.7 Å². The number of methoxy groups -OCH3 is 1. The van der Waals surface area contributed by atoms with E-state index in [4.69, 9.17) is 9.15 Å². The monoisotopic (exact) mass is 370 g/mol. The average molecular weight is 370 g/mol. The molecule has 0 unspecified atom stereocenters. The van der Waals surface area contributed by atoms with Crippen molar-refractivity contribution in [3.63, 3.8) is 0 Å². The quantitative estimate of drug-likeness (QED) is 0.493. The van der Waals surface area contributed by atoms with Crippen LogP contribution in [0.3, 0.4) is 0 Å². The second-order valence-electron chi connectivity index (χ2n) is 6.17. The van der Waals surface area contributed by atoms with Gasteiger partial charge in [-0.15, -0.1) is 0 Å². The summed E-state index contributed by atoms with van der Waals surface area (Å²) in [4.78, 5) is 16.7. The van der Waals surface area contributed by atoms with E-state index in [1.54, 1.807) is 31.4 Å². The van der Waals surface area contributed by atoms with Crippen LogP contribution in [-0.2, 0) is 4.79 Å². The molecule has 28 heavy (non-hydrogen) atoms. The van der Waals surface area contributed by atoms with Crippen molar-refractivity contribution in [2.75, 3.05) is 12.4 Å². The zero-order chi connectivity index (χ0) is 19.3. The summed E-state index contributed by atoms with van der Waals surface area (Å²) in [6.45, 7) is 0. The first kappa shape index (κ1) is 17.5. The van der Waals surface area contributed by atoms with Crippen LogP contribution in [0.4, 0.5) is 5.69 Å². The van der Waals surface area contributed by atoms with Gasteiger partial charge in [-0.25, -0.2) is 4.98 Å². The van der Waals surface area contributed by atoms with E-state index in [9.17, 15) is 4.79 Å². The molecule has 1 heterocycles. The van der Waals surface area contributed by atoms with Crippen molar-refractivity contribution >= 4 is 28.8 Å². The highest BCUT2D eigenvalue weighted by Crippen LogP contribution is 2.28. The molecule has 0 radical (unpaired) electrons. The van der Waals surface area contributed by atoms with Gasteiger partial charge in [-0.3, -0.25) is 4.79 Å². The molecule has 0 aliphatic rings. The topological polar surface area (TPSA) is 64.4 Å². The largest absolute Gasteiger partial charge is 0.497 e. The highest BCUT2D eigenvalue weighted by Gasteiger charge is 2.10. The van der Waals surface area contributed by atoms with Crippen LogP contribution in [0.1, 0.15) is 5.56 Å². The maximum Gasteiger partial charge on any atom is 0.248 e. The third-order valence-electron chi connectivity index (χ3n) is 4.20. The van der Waals surface area contributed by atoms with E-state index in [-0.39, 0.29) is 5.91 Å². The number of benzene rings is 3. The number of anilines is 1. The molecule has 1 aromatic heterocycles. The smallest absolute Gasteiger partial charge is 0.248 e. The molecule has 0 spiro atoms. The zero-order valence-electron chi connectivity index (χ0n) is 15.3. The molecule has 4 rings (SSSR count). The second-order valence-corrected chi connectivity index (χ2v) is 6.17. The summed E-state index contributed by atoms with van der Waals surface area (Å²) in [7, 11) is 1.62. The summed E-state index contributed by atoms with van der Waals surface area (Å²) in [6, 6.07) is 22.5. The van der Waals surface area contributed by atoms with Crippen LogP contribution in [0.5, 0.6) is 5.75 Å². The van der Waals surface area contributed by atoms with Gasteiger partial charge in [0.15, 0.2) is 5.58 Å². The summed E-state index contributed by atoms with van der Waals surface area (Å²) in [5.41, 5.74) is 3.76. The Labute approximate surface area is 162 Å². The van der Waals surface area contributed by atoms with Gasteiger partial charge in [0.2, 0.25) is 11.8 Å².